The molecule has 1 aliphatic rings. The standard InChI is InChI=1S/C17H18N2O2S/c1-11(20)18-13-6-8-14(9-7-13)19-17(21)16-15-5-3-2-4-12(15)10-22-16/h6-10H,2-5H2,1H3,(H,18,20)(H,19,21). The van der Waals surface area contributed by atoms with Crippen LogP contribution in [-0.2, 0) is 17.6 Å². The summed E-state index contributed by atoms with van der Waals surface area (Å²) in [4.78, 5) is 24.3. The number of hydrogen-bond donors (Lipinski definition) is 2. The highest BCUT2D eigenvalue weighted by Crippen LogP contribution is 2.30. The van der Waals surface area contributed by atoms with Crippen LogP contribution < -0.4 is 10.6 Å². The number of aryl methyl sites for hydroxylation is 1. The first-order valence-corrected chi connectivity index (χ1v) is 8.29. The van der Waals surface area contributed by atoms with Gasteiger partial charge in [-0.05, 0) is 66.5 Å². The molecule has 2 N–H and O–H groups in total. The Bertz CT molecular complexity index is 704. The van der Waals surface area contributed by atoms with E-state index in [0.717, 1.165) is 35.5 Å². The van der Waals surface area contributed by atoms with Crippen molar-refractivity contribution in [1.29, 1.82) is 0 Å². The first-order chi connectivity index (χ1) is 10.6. The topological polar surface area (TPSA) is 58.2 Å². The first-order valence-electron chi connectivity index (χ1n) is 7.42. The maximum absolute atomic E-state index is 12.4. The Morgan fingerprint density at radius 1 is 1.00 bits per heavy atom. The minimum atomic E-state index is -0.109. The number of amides is 2. The van der Waals surface area contributed by atoms with E-state index in [1.807, 2.05) is 0 Å². The summed E-state index contributed by atoms with van der Waals surface area (Å²) < 4.78 is 0. The third-order valence-corrected chi connectivity index (χ3v) is 4.84. The minimum Gasteiger partial charge on any atom is -0.326 e. The van der Waals surface area contributed by atoms with Crippen LogP contribution in [0.1, 0.15) is 40.6 Å². The molecule has 114 valence electrons. The van der Waals surface area contributed by atoms with Gasteiger partial charge in [-0.15, -0.1) is 11.3 Å². The molecule has 1 heterocycles. The molecule has 3 rings (SSSR count). The van der Waals surface area contributed by atoms with Crippen LogP contribution in [0.3, 0.4) is 0 Å². The van der Waals surface area contributed by atoms with E-state index < -0.39 is 0 Å². The summed E-state index contributed by atoms with van der Waals surface area (Å²) in [5.41, 5.74) is 4.02. The maximum Gasteiger partial charge on any atom is 0.266 e. The molecule has 0 spiro atoms. The molecule has 0 unspecified atom stereocenters. The van der Waals surface area contributed by atoms with E-state index in [1.165, 1.54) is 35.8 Å². The number of benzene rings is 1. The molecule has 5 heteroatoms. The van der Waals surface area contributed by atoms with Crippen LogP contribution in [0.4, 0.5) is 11.4 Å². The number of carbonyl (C=O) groups is 2. The predicted octanol–water partition coefficient (Wildman–Crippen LogP) is 3.84. The highest BCUT2D eigenvalue weighted by molar-refractivity contribution is 7.12. The normalized spacial score (nSPS) is 13.3. The summed E-state index contributed by atoms with van der Waals surface area (Å²) in [5.74, 6) is -0.151. The van der Waals surface area contributed by atoms with Gasteiger partial charge >= 0.3 is 0 Å². The van der Waals surface area contributed by atoms with Gasteiger partial charge in [0.1, 0.15) is 0 Å². The fourth-order valence-electron chi connectivity index (χ4n) is 2.74. The van der Waals surface area contributed by atoms with Gasteiger partial charge in [0.2, 0.25) is 5.91 Å². The quantitative estimate of drug-likeness (QED) is 0.904. The summed E-state index contributed by atoms with van der Waals surface area (Å²) in [6, 6.07) is 7.15. The molecule has 0 atom stereocenters. The number of nitrogens with one attached hydrogen (secondary N) is 2. The Labute approximate surface area is 133 Å². The van der Waals surface area contributed by atoms with Gasteiger partial charge in [0.15, 0.2) is 0 Å². The Kier molecular flexibility index (Phi) is 4.24. The molecule has 0 fully saturated rings. The van der Waals surface area contributed by atoms with Crippen molar-refractivity contribution in [3.63, 3.8) is 0 Å². The van der Waals surface area contributed by atoms with Crippen LogP contribution in [-0.4, -0.2) is 11.8 Å². The fraction of sp³-hybridized carbons (Fsp3) is 0.294. The summed E-state index contributed by atoms with van der Waals surface area (Å²) in [6.45, 7) is 1.47. The summed E-state index contributed by atoms with van der Waals surface area (Å²) >= 11 is 1.54. The van der Waals surface area contributed by atoms with Gasteiger partial charge < -0.3 is 10.6 Å². The summed E-state index contributed by atoms with van der Waals surface area (Å²) in [5, 5.41) is 7.75. The lowest BCUT2D eigenvalue weighted by molar-refractivity contribution is -0.114. The van der Waals surface area contributed by atoms with Gasteiger partial charge in [0, 0.05) is 18.3 Å². The predicted molar refractivity (Wildman–Crippen MR) is 89.7 cm³/mol. The third-order valence-electron chi connectivity index (χ3n) is 3.77. The summed E-state index contributed by atoms with van der Waals surface area (Å²) in [7, 11) is 0. The molecule has 0 bridgehead atoms. The molecule has 0 saturated carbocycles. The zero-order valence-corrected chi connectivity index (χ0v) is 13.3. The third kappa shape index (κ3) is 3.20. The molecule has 1 aromatic heterocycles. The molecular formula is C17H18N2O2S. The smallest absolute Gasteiger partial charge is 0.266 e. The van der Waals surface area contributed by atoms with Crippen molar-refractivity contribution in [2.45, 2.75) is 32.6 Å². The average molecular weight is 314 g/mol. The molecule has 2 amide bonds. The Hall–Kier alpha value is -2.14. The van der Waals surface area contributed by atoms with Crippen LogP contribution in [0.5, 0.6) is 0 Å². The van der Waals surface area contributed by atoms with E-state index >= 15 is 0 Å². The second-order valence-corrected chi connectivity index (χ2v) is 6.37. The SMILES string of the molecule is CC(=O)Nc1ccc(NC(=O)c2scc3c2CCCC3)cc1. The number of rotatable bonds is 3. The van der Waals surface area contributed by atoms with Gasteiger partial charge in [-0.3, -0.25) is 9.59 Å². The van der Waals surface area contributed by atoms with Gasteiger partial charge in [-0.1, -0.05) is 0 Å². The Balaban J connectivity index is 1.71. The zero-order valence-electron chi connectivity index (χ0n) is 12.4. The molecule has 0 saturated heterocycles. The molecule has 1 aliphatic carbocycles. The number of carbonyl (C=O) groups excluding carboxylic acids is 2. The van der Waals surface area contributed by atoms with E-state index in [9.17, 15) is 9.59 Å². The number of fused-ring (bicyclic) bond motifs is 1. The molecular weight excluding hydrogens is 296 g/mol. The lowest BCUT2D eigenvalue weighted by Gasteiger charge is -2.13. The van der Waals surface area contributed by atoms with Crippen molar-refractivity contribution in [3.8, 4) is 0 Å². The molecule has 0 aliphatic heterocycles. The number of thiophene rings is 1. The molecule has 4 nitrogen and oxygen atoms in total. The fourth-order valence-corrected chi connectivity index (χ4v) is 3.79. The van der Waals surface area contributed by atoms with E-state index in [1.54, 1.807) is 24.3 Å². The van der Waals surface area contributed by atoms with Crippen LogP contribution in [0.15, 0.2) is 29.6 Å². The van der Waals surface area contributed by atoms with Gasteiger partial charge in [-0.2, -0.15) is 0 Å². The Morgan fingerprint density at radius 3 is 2.32 bits per heavy atom. The molecule has 2 aromatic rings. The molecule has 1 aromatic carbocycles. The van der Waals surface area contributed by atoms with Crippen LogP contribution in [0.25, 0.3) is 0 Å². The van der Waals surface area contributed by atoms with Crippen LogP contribution in [0.2, 0.25) is 0 Å². The number of anilines is 2. The number of hydrogen-bond acceptors (Lipinski definition) is 3. The Morgan fingerprint density at radius 2 is 1.64 bits per heavy atom. The van der Waals surface area contributed by atoms with E-state index in [-0.39, 0.29) is 11.8 Å². The van der Waals surface area contributed by atoms with Crippen molar-refractivity contribution in [3.05, 3.63) is 45.6 Å². The van der Waals surface area contributed by atoms with Crippen molar-refractivity contribution >= 4 is 34.5 Å². The maximum atomic E-state index is 12.4. The minimum absolute atomic E-state index is 0.0413. The van der Waals surface area contributed by atoms with Gasteiger partial charge in [0.05, 0.1) is 4.88 Å². The van der Waals surface area contributed by atoms with E-state index in [0.29, 0.717) is 0 Å². The first kappa shape index (κ1) is 14.8. The van der Waals surface area contributed by atoms with Crippen molar-refractivity contribution in [2.75, 3.05) is 10.6 Å². The van der Waals surface area contributed by atoms with Crippen molar-refractivity contribution in [1.82, 2.24) is 0 Å². The lowest BCUT2D eigenvalue weighted by atomic mass is 9.94. The van der Waals surface area contributed by atoms with Crippen molar-refractivity contribution in [2.24, 2.45) is 0 Å². The molecule has 22 heavy (non-hydrogen) atoms. The van der Waals surface area contributed by atoms with Crippen LogP contribution in [0, 0.1) is 0 Å². The van der Waals surface area contributed by atoms with Crippen molar-refractivity contribution < 1.29 is 9.59 Å². The monoisotopic (exact) mass is 314 g/mol. The van der Waals surface area contributed by atoms with Crippen LogP contribution >= 0.6 is 11.3 Å². The second kappa shape index (κ2) is 6.32. The highest BCUT2D eigenvalue weighted by Gasteiger charge is 2.20. The van der Waals surface area contributed by atoms with Gasteiger partial charge in [0.25, 0.3) is 5.91 Å². The second-order valence-electron chi connectivity index (χ2n) is 5.49. The zero-order chi connectivity index (χ0) is 15.5. The van der Waals surface area contributed by atoms with Gasteiger partial charge in [-0.25, -0.2) is 0 Å². The summed E-state index contributed by atoms with van der Waals surface area (Å²) in [6.07, 6.45) is 4.47. The van der Waals surface area contributed by atoms with E-state index in [2.05, 4.69) is 16.0 Å². The highest BCUT2D eigenvalue weighted by atomic mass is 32.1. The largest absolute Gasteiger partial charge is 0.326 e. The van der Waals surface area contributed by atoms with E-state index in [4.69, 9.17) is 0 Å². The molecule has 0 radical (unpaired) electrons. The lowest BCUT2D eigenvalue weighted by Crippen LogP contribution is -2.14. The average Bonchev–Trinajstić information content (AvgIpc) is 2.93.